The minimum absolute atomic E-state index is 0.0965. The van der Waals surface area contributed by atoms with Crippen LogP contribution in [0.25, 0.3) is 11.2 Å². The first-order chi connectivity index (χ1) is 12.8. The lowest BCUT2D eigenvalue weighted by Gasteiger charge is -2.21. The fourth-order valence-corrected chi connectivity index (χ4v) is 2.45. The molecular weight excluding hydrogens is 374 g/mol. The second-order valence-electron chi connectivity index (χ2n) is 6.59. The number of carbonyl (C=O) groups excluding carboxylic acids is 1. The maximum atomic E-state index is 11.2. The van der Waals surface area contributed by atoms with Gasteiger partial charge in [0.15, 0.2) is 10.8 Å². The monoisotopic (exact) mass is 399 g/mol. The number of carbonyl (C=O) groups is 1. The zero-order chi connectivity index (χ0) is 20.0. The van der Waals surface area contributed by atoms with Crippen LogP contribution in [-0.4, -0.2) is 57.0 Å². The number of rotatable bonds is 10. The van der Waals surface area contributed by atoms with Crippen molar-refractivity contribution in [3.63, 3.8) is 0 Å². The second-order valence-corrected chi connectivity index (χ2v) is 6.95. The van der Waals surface area contributed by atoms with Crippen molar-refractivity contribution in [2.45, 2.75) is 59.7 Å². The molecule has 0 saturated heterocycles. The van der Waals surface area contributed by atoms with Crippen molar-refractivity contribution in [2.24, 2.45) is 0 Å². The van der Waals surface area contributed by atoms with Crippen molar-refractivity contribution < 1.29 is 19.0 Å². The van der Waals surface area contributed by atoms with Crippen LogP contribution in [0.4, 0.5) is 5.95 Å². The molecule has 27 heavy (non-hydrogen) atoms. The second kappa shape index (κ2) is 9.93. The quantitative estimate of drug-likeness (QED) is 0.613. The van der Waals surface area contributed by atoms with E-state index >= 15 is 0 Å². The van der Waals surface area contributed by atoms with Gasteiger partial charge in [-0.25, -0.2) is 4.98 Å². The Morgan fingerprint density at radius 3 is 2.33 bits per heavy atom. The minimum atomic E-state index is -0.286. The van der Waals surface area contributed by atoms with Gasteiger partial charge < -0.3 is 18.8 Å². The number of fused-ring (bicyclic) bond motifs is 1. The molecule has 0 saturated carbocycles. The highest BCUT2D eigenvalue weighted by Crippen LogP contribution is 2.21. The van der Waals surface area contributed by atoms with Gasteiger partial charge in [0.05, 0.1) is 31.7 Å². The zero-order valence-electron chi connectivity index (χ0n) is 16.2. The highest BCUT2D eigenvalue weighted by atomic mass is 35.5. The molecule has 0 aromatic carbocycles. The summed E-state index contributed by atoms with van der Waals surface area (Å²) in [5, 5.41) is 2.67. The minimum Gasteiger partial charge on any atom is -0.376 e. The first kappa shape index (κ1) is 21.5. The molecule has 0 unspecified atom stereocenters. The molecule has 0 fully saturated rings. The van der Waals surface area contributed by atoms with Gasteiger partial charge in [-0.05, 0) is 27.7 Å². The lowest BCUT2D eigenvalue weighted by atomic mass is 10.3. The van der Waals surface area contributed by atoms with Gasteiger partial charge in [-0.2, -0.15) is 9.97 Å². The number of amides is 1. The fourth-order valence-electron chi connectivity index (χ4n) is 2.18. The molecule has 0 spiro atoms. The number of hydrogen-bond acceptors (Lipinski definition) is 7. The van der Waals surface area contributed by atoms with E-state index in [1.165, 1.54) is 6.92 Å². The number of halogens is 1. The summed E-state index contributed by atoms with van der Waals surface area (Å²) in [5.41, 5.74) is 0.898. The van der Waals surface area contributed by atoms with Crippen LogP contribution < -0.4 is 5.32 Å². The number of nitrogens with one attached hydrogen (secondary N) is 1. The van der Waals surface area contributed by atoms with Crippen LogP contribution >= 0.6 is 11.6 Å². The van der Waals surface area contributed by atoms with Crippen molar-refractivity contribution in [1.29, 1.82) is 0 Å². The van der Waals surface area contributed by atoms with E-state index in [2.05, 4.69) is 20.3 Å². The van der Waals surface area contributed by atoms with E-state index in [1.807, 2.05) is 27.7 Å². The molecule has 0 aliphatic rings. The largest absolute Gasteiger partial charge is 0.376 e. The molecule has 0 aliphatic heterocycles. The van der Waals surface area contributed by atoms with E-state index in [0.29, 0.717) is 24.4 Å². The summed E-state index contributed by atoms with van der Waals surface area (Å²) in [6.45, 7) is 10.2. The molecule has 150 valence electrons. The average molecular weight is 400 g/mol. The molecule has 2 rings (SSSR count). The zero-order valence-corrected chi connectivity index (χ0v) is 17.0. The number of anilines is 1. The number of imidazole rings is 1. The van der Waals surface area contributed by atoms with Gasteiger partial charge in [-0.15, -0.1) is 0 Å². The first-order valence-corrected chi connectivity index (χ1v) is 9.14. The number of hydrogen-bond donors (Lipinski definition) is 1. The Morgan fingerprint density at radius 2 is 1.78 bits per heavy atom. The van der Waals surface area contributed by atoms with Crippen LogP contribution in [0.1, 0.15) is 34.6 Å². The lowest BCUT2D eigenvalue weighted by Crippen LogP contribution is -2.29. The normalized spacial score (nSPS) is 11.9. The smallest absolute Gasteiger partial charge is 0.233 e. The molecule has 10 heteroatoms. The number of aromatic nitrogens is 4. The third-order valence-electron chi connectivity index (χ3n) is 3.40. The van der Waals surface area contributed by atoms with Gasteiger partial charge in [0.1, 0.15) is 18.4 Å². The third kappa shape index (κ3) is 6.69. The van der Waals surface area contributed by atoms with E-state index in [1.54, 1.807) is 10.9 Å². The Hall–Kier alpha value is -1.81. The molecule has 0 radical (unpaired) electrons. The predicted octanol–water partition coefficient (Wildman–Crippen LogP) is 2.63. The van der Waals surface area contributed by atoms with Crippen molar-refractivity contribution in [3.8, 4) is 0 Å². The maximum Gasteiger partial charge on any atom is 0.233 e. The van der Waals surface area contributed by atoms with Gasteiger partial charge >= 0.3 is 0 Å². The van der Waals surface area contributed by atoms with Gasteiger partial charge in [0, 0.05) is 6.92 Å². The SMILES string of the molecule is CC(=O)Nc1nc(Cl)c2c(ncn2COC(COC(C)C)COC(C)C)n1. The standard InChI is InChI=1S/C17H26ClN5O4/c1-10(2)25-6-13(7-26-11(3)4)27-9-23-8-19-16-14(23)15(18)21-17(22-16)20-12(5)24/h8,10-11,13H,6-7,9H2,1-5H3,(H,20,21,22,24). The van der Waals surface area contributed by atoms with E-state index in [0.717, 1.165) is 0 Å². The van der Waals surface area contributed by atoms with E-state index in [4.69, 9.17) is 25.8 Å². The fraction of sp³-hybridized carbons (Fsp3) is 0.647. The topological polar surface area (TPSA) is 100 Å². The number of nitrogens with zero attached hydrogens (tertiary/aromatic N) is 4. The van der Waals surface area contributed by atoms with Crippen molar-refractivity contribution in [2.75, 3.05) is 18.5 Å². The van der Waals surface area contributed by atoms with Crippen LogP contribution in [0.2, 0.25) is 5.15 Å². The average Bonchev–Trinajstić information content (AvgIpc) is 2.96. The molecule has 2 aromatic rings. The van der Waals surface area contributed by atoms with Crippen LogP contribution in [-0.2, 0) is 25.7 Å². The molecule has 9 nitrogen and oxygen atoms in total. The summed E-state index contributed by atoms with van der Waals surface area (Å²) < 4.78 is 18.9. The Labute approximate surface area is 163 Å². The molecular formula is C17H26ClN5O4. The summed E-state index contributed by atoms with van der Waals surface area (Å²) in [4.78, 5) is 23.6. The summed E-state index contributed by atoms with van der Waals surface area (Å²) in [7, 11) is 0. The van der Waals surface area contributed by atoms with E-state index < -0.39 is 0 Å². The predicted molar refractivity (Wildman–Crippen MR) is 102 cm³/mol. The van der Waals surface area contributed by atoms with Gasteiger partial charge in [0.25, 0.3) is 0 Å². The molecule has 2 aromatic heterocycles. The highest BCUT2D eigenvalue weighted by Gasteiger charge is 2.16. The van der Waals surface area contributed by atoms with Gasteiger partial charge in [-0.3, -0.25) is 10.1 Å². The molecule has 0 aliphatic carbocycles. The van der Waals surface area contributed by atoms with Gasteiger partial charge in [-0.1, -0.05) is 11.6 Å². The number of ether oxygens (including phenoxy) is 3. The molecule has 1 N–H and O–H groups in total. The van der Waals surface area contributed by atoms with Crippen LogP contribution in [0, 0.1) is 0 Å². The van der Waals surface area contributed by atoms with E-state index in [-0.39, 0.29) is 42.1 Å². The molecule has 2 heterocycles. The Morgan fingerprint density at radius 1 is 1.15 bits per heavy atom. The third-order valence-corrected chi connectivity index (χ3v) is 3.66. The van der Waals surface area contributed by atoms with Gasteiger partial charge in [0.2, 0.25) is 11.9 Å². The summed E-state index contributed by atoms with van der Waals surface area (Å²) in [6, 6.07) is 0. The van der Waals surface area contributed by atoms with Crippen molar-refractivity contribution in [3.05, 3.63) is 11.5 Å². The summed E-state index contributed by atoms with van der Waals surface area (Å²) in [6.07, 6.45) is 1.51. The van der Waals surface area contributed by atoms with Crippen molar-refractivity contribution >= 4 is 34.6 Å². The Kier molecular flexibility index (Phi) is 7.91. The van der Waals surface area contributed by atoms with Crippen LogP contribution in [0.15, 0.2) is 6.33 Å². The lowest BCUT2D eigenvalue weighted by molar-refractivity contribution is -0.114. The Balaban J connectivity index is 2.09. The first-order valence-electron chi connectivity index (χ1n) is 8.77. The Bertz CT molecular complexity index is 753. The van der Waals surface area contributed by atoms with Crippen molar-refractivity contribution in [1.82, 2.24) is 19.5 Å². The van der Waals surface area contributed by atoms with Crippen LogP contribution in [0.3, 0.4) is 0 Å². The maximum absolute atomic E-state index is 11.2. The molecule has 0 atom stereocenters. The molecule has 1 amide bonds. The van der Waals surface area contributed by atoms with E-state index in [9.17, 15) is 4.79 Å². The summed E-state index contributed by atoms with van der Waals surface area (Å²) >= 11 is 6.24. The summed E-state index contributed by atoms with van der Waals surface area (Å²) in [5.74, 6) is -0.175. The molecule has 0 bridgehead atoms. The van der Waals surface area contributed by atoms with Crippen LogP contribution in [0.5, 0.6) is 0 Å². The highest BCUT2D eigenvalue weighted by molar-refractivity contribution is 6.33.